The summed E-state index contributed by atoms with van der Waals surface area (Å²) < 4.78 is 35.0. The Hall–Kier alpha value is -1.32. The molecule has 0 aliphatic rings. The van der Waals surface area contributed by atoms with Crippen LogP contribution in [0.3, 0.4) is 0 Å². The van der Waals surface area contributed by atoms with Crippen LogP contribution >= 0.6 is 7.82 Å². The van der Waals surface area contributed by atoms with Gasteiger partial charge in [0.15, 0.2) is 0 Å². The van der Waals surface area contributed by atoms with Crippen molar-refractivity contribution < 1.29 is 37.3 Å². The van der Waals surface area contributed by atoms with Gasteiger partial charge in [0.1, 0.15) is 25.9 Å². The number of carbonyl (C=O) groups is 1. The van der Waals surface area contributed by atoms with Gasteiger partial charge in [-0.1, -0.05) is 146 Å². The van der Waals surface area contributed by atoms with Crippen molar-refractivity contribution >= 4 is 13.8 Å². The number of hydrogen-bond acceptors (Lipinski definition) is 7. The number of phosphoric acid groups is 1. The second-order valence-electron chi connectivity index (χ2n) is 13.9. The third-order valence-electron chi connectivity index (χ3n) is 8.13. The van der Waals surface area contributed by atoms with Gasteiger partial charge in [-0.3, -0.25) is 13.8 Å². The number of hydrogen-bond donors (Lipinski definition) is 2. The topological polar surface area (TPSA) is 103 Å². The number of phosphoric ester groups is 1. The number of rotatable bonds is 33. The molecule has 9 nitrogen and oxygen atoms in total. The van der Waals surface area contributed by atoms with Crippen LogP contribution in [0, 0.1) is 0 Å². The maximum atomic E-state index is 12.6. The zero-order valence-electron chi connectivity index (χ0n) is 30.4. The van der Waals surface area contributed by atoms with E-state index >= 15 is 0 Å². The van der Waals surface area contributed by atoms with Crippen LogP contribution < -0.4 is 5.32 Å². The summed E-state index contributed by atoms with van der Waals surface area (Å²) in [6, 6.07) is 9.46. The molecule has 47 heavy (non-hydrogen) atoms. The third-order valence-corrected chi connectivity index (χ3v) is 9.20. The predicted molar refractivity (Wildman–Crippen MR) is 192 cm³/mol. The zero-order valence-corrected chi connectivity index (χ0v) is 31.3. The Morgan fingerprint density at radius 3 is 1.81 bits per heavy atom. The monoisotopic (exact) mass is 685 g/mol. The maximum Gasteiger partial charge on any atom is 0.472 e. The van der Waals surface area contributed by atoms with Crippen molar-refractivity contribution in [1.82, 2.24) is 5.32 Å². The lowest BCUT2D eigenvalue weighted by Gasteiger charge is -2.25. The molecule has 0 aliphatic carbocycles. The predicted octanol–water partition coefficient (Wildman–Crippen LogP) is 8.59. The molecule has 2 unspecified atom stereocenters. The second kappa shape index (κ2) is 28.5. The molecule has 2 N–H and O–H groups in total. The van der Waals surface area contributed by atoms with Crippen LogP contribution in [0.4, 0.5) is 0 Å². The molecule has 1 aromatic carbocycles. The molecular formula is C37H70N2O7P+. The van der Waals surface area contributed by atoms with Gasteiger partial charge in [0, 0.05) is 13.2 Å². The molecule has 1 aromatic rings. The first kappa shape index (κ1) is 43.7. The molecule has 0 saturated heterocycles. The van der Waals surface area contributed by atoms with E-state index in [-0.39, 0.29) is 32.9 Å². The lowest BCUT2D eigenvalue weighted by atomic mass is 10.0. The summed E-state index contributed by atoms with van der Waals surface area (Å²) in [5, 5.41) is 2.97. The van der Waals surface area contributed by atoms with Gasteiger partial charge >= 0.3 is 13.8 Å². The van der Waals surface area contributed by atoms with Crippen LogP contribution in [-0.4, -0.2) is 82.0 Å². The molecule has 0 fully saturated rings. The number of nitrogens with one attached hydrogen (secondary N) is 1. The Bertz CT molecular complexity index is 914. The fourth-order valence-electron chi connectivity index (χ4n) is 5.22. The first-order valence-electron chi connectivity index (χ1n) is 18.6. The third kappa shape index (κ3) is 29.3. The summed E-state index contributed by atoms with van der Waals surface area (Å²) in [7, 11) is 1.63. The number of ether oxygens (including phenoxy) is 2. The Morgan fingerprint density at radius 1 is 0.787 bits per heavy atom. The molecule has 2 atom stereocenters. The van der Waals surface area contributed by atoms with Gasteiger partial charge in [-0.05, 0) is 12.0 Å². The van der Waals surface area contributed by atoms with Crippen LogP contribution in [-0.2, 0) is 34.5 Å². The molecule has 0 saturated carbocycles. The first-order chi connectivity index (χ1) is 22.6. The van der Waals surface area contributed by atoms with Crippen molar-refractivity contribution in [1.29, 1.82) is 0 Å². The van der Waals surface area contributed by atoms with Gasteiger partial charge in [0.2, 0.25) is 0 Å². The minimum atomic E-state index is -4.29. The number of quaternary nitrogens is 1. The number of likely N-dealkylation sites (N-methyl/N-ethyl adjacent to an activating group) is 1. The highest BCUT2D eigenvalue weighted by Crippen LogP contribution is 2.44. The minimum Gasteiger partial charge on any atom is -0.460 e. The molecule has 0 amide bonds. The van der Waals surface area contributed by atoms with Gasteiger partial charge in [0.25, 0.3) is 0 Å². The van der Waals surface area contributed by atoms with E-state index < -0.39 is 19.9 Å². The van der Waals surface area contributed by atoms with E-state index in [1.807, 2.05) is 51.5 Å². The van der Waals surface area contributed by atoms with Gasteiger partial charge in [0.05, 0.1) is 34.3 Å². The van der Waals surface area contributed by atoms with E-state index in [2.05, 4.69) is 12.2 Å². The van der Waals surface area contributed by atoms with Crippen molar-refractivity contribution in [2.45, 2.75) is 135 Å². The fourth-order valence-corrected chi connectivity index (χ4v) is 6.11. The molecule has 0 spiro atoms. The van der Waals surface area contributed by atoms with Crippen LogP contribution in [0.25, 0.3) is 0 Å². The van der Waals surface area contributed by atoms with Crippen molar-refractivity contribution in [2.24, 2.45) is 0 Å². The van der Waals surface area contributed by atoms with Crippen molar-refractivity contribution in [3.63, 3.8) is 0 Å². The van der Waals surface area contributed by atoms with Gasteiger partial charge in [-0.15, -0.1) is 0 Å². The Balaban J connectivity index is 2.17. The SMILES string of the molecule is CCCCCCCCCCCCCCCCCCCCOCC(CNCC(=O)OCc1ccccc1)OP(=O)(O)OCC[N+](C)(C)C. The first-order valence-corrected chi connectivity index (χ1v) is 20.0. The normalized spacial score (nSPS) is 13.8. The average Bonchev–Trinajstić information content (AvgIpc) is 3.02. The minimum absolute atomic E-state index is 0.0515. The molecule has 1 rings (SSSR count). The smallest absolute Gasteiger partial charge is 0.460 e. The molecule has 0 aliphatic heterocycles. The Labute approximate surface area is 287 Å². The summed E-state index contributed by atoms with van der Waals surface area (Å²) in [6.07, 6.45) is 23.1. The van der Waals surface area contributed by atoms with Gasteiger partial charge < -0.3 is 24.2 Å². The van der Waals surface area contributed by atoms with E-state index in [1.165, 1.54) is 103 Å². The zero-order chi connectivity index (χ0) is 34.5. The summed E-state index contributed by atoms with van der Waals surface area (Å²) in [5.41, 5.74) is 0.905. The second-order valence-corrected chi connectivity index (χ2v) is 15.3. The van der Waals surface area contributed by atoms with Crippen molar-refractivity contribution in [2.75, 3.05) is 60.6 Å². The number of unbranched alkanes of at least 4 members (excludes halogenated alkanes) is 17. The van der Waals surface area contributed by atoms with Crippen molar-refractivity contribution in [3.05, 3.63) is 35.9 Å². The summed E-state index contributed by atoms with van der Waals surface area (Å²) >= 11 is 0. The van der Waals surface area contributed by atoms with Crippen molar-refractivity contribution in [3.8, 4) is 0 Å². The lowest BCUT2D eigenvalue weighted by molar-refractivity contribution is -0.870. The van der Waals surface area contributed by atoms with Gasteiger partial charge in [-0.25, -0.2) is 4.57 Å². The highest BCUT2D eigenvalue weighted by molar-refractivity contribution is 7.47. The van der Waals surface area contributed by atoms with E-state index in [1.54, 1.807) is 0 Å². The quantitative estimate of drug-likeness (QED) is 0.0328. The number of benzene rings is 1. The summed E-state index contributed by atoms with van der Waals surface area (Å²) in [5.74, 6) is -0.418. The molecule has 0 bridgehead atoms. The number of nitrogens with zero attached hydrogens (tertiary/aromatic N) is 1. The summed E-state index contributed by atoms with van der Waals surface area (Å²) in [4.78, 5) is 22.5. The highest BCUT2D eigenvalue weighted by Gasteiger charge is 2.28. The van der Waals surface area contributed by atoms with Crippen LogP contribution in [0.1, 0.15) is 128 Å². The average molecular weight is 686 g/mol. The largest absolute Gasteiger partial charge is 0.472 e. The molecule has 0 aromatic heterocycles. The number of carbonyl (C=O) groups excluding carboxylic acids is 1. The molecule has 0 radical (unpaired) electrons. The van der Waals surface area contributed by atoms with Crippen LogP contribution in [0.5, 0.6) is 0 Å². The van der Waals surface area contributed by atoms with E-state index in [4.69, 9.17) is 18.5 Å². The maximum absolute atomic E-state index is 12.6. The fraction of sp³-hybridized carbons (Fsp3) is 0.811. The lowest BCUT2D eigenvalue weighted by Crippen LogP contribution is -2.38. The number of esters is 1. The molecular weight excluding hydrogens is 615 g/mol. The standard InChI is InChI=1S/C37H69N2O7P/c1-5-6-7-8-9-10-11-12-13-14-15-16-17-18-19-20-21-25-29-43-34-36(46-47(41,42)45-30-28-39(2,3)4)31-38-32-37(40)44-33-35-26-23-22-24-27-35/h22-24,26-27,36,38H,5-21,25,28-34H2,1-4H3/p+1. The Morgan fingerprint density at radius 2 is 1.30 bits per heavy atom. The molecule has 10 heteroatoms. The van der Waals surface area contributed by atoms with Crippen LogP contribution in [0.2, 0.25) is 0 Å². The van der Waals surface area contributed by atoms with Gasteiger partial charge in [-0.2, -0.15) is 0 Å². The van der Waals surface area contributed by atoms with E-state index in [9.17, 15) is 14.3 Å². The highest BCUT2D eigenvalue weighted by atomic mass is 31.2. The van der Waals surface area contributed by atoms with Crippen LogP contribution in [0.15, 0.2) is 30.3 Å². The Kier molecular flexibility index (Phi) is 26.5. The molecule has 0 heterocycles. The van der Waals surface area contributed by atoms with E-state index in [0.29, 0.717) is 17.6 Å². The summed E-state index contributed by atoms with van der Waals surface area (Å²) in [6.45, 7) is 3.87. The van der Waals surface area contributed by atoms with E-state index in [0.717, 1.165) is 18.4 Å². The molecule has 274 valence electrons.